The highest BCUT2D eigenvalue weighted by atomic mass is 35.5. The smallest absolute Gasteiger partial charge is 0.109 e. The van der Waals surface area contributed by atoms with Crippen molar-refractivity contribution in [2.75, 3.05) is 13.7 Å². The highest BCUT2D eigenvalue weighted by Gasteiger charge is 2.09. The number of rotatable bonds is 5. The Bertz CT molecular complexity index is 507. The molecule has 0 spiro atoms. The van der Waals surface area contributed by atoms with Crippen molar-refractivity contribution in [3.05, 3.63) is 29.0 Å². The van der Waals surface area contributed by atoms with E-state index in [1.807, 2.05) is 18.2 Å². The number of hydrogen-bond acceptors (Lipinski definition) is 2. The molecule has 0 N–H and O–H groups in total. The van der Waals surface area contributed by atoms with Crippen LogP contribution in [0.5, 0.6) is 0 Å². The van der Waals surface area contributed by atoms with Gasteiger partial charge in [-0.3, -0.25) is 0 Å². The van der Waals surface area contributed by atoms with Crippen molar-refractivity contribution in [1.82, 2.24) is 9.55 Å². The maximum atomic E-state index is 5.98. The summed E-state index contributed by atoms with van der Waals surface area (Å²) in [5, 5.41) is 0.738. The Morgan fingerprint density at radius 3 is 2.94 bits per heavy atom. The van der Waals surface area contributed by atoms with E-state index in [4.69, 9.17) is 16.3 Å². The Hall–Kier alpha value is -1.06. The van der Waals surface area contributed by atoms with Gasteiger partial charge in [0.2, 0.25) is 0 Å². The lowest BCUT2D eigenvalue weighted by atomic mass is 10.3. The highest BCUT2D eigenvalue weighted by Crippen LogP contribution is 2.21. The molecule has 2 rings (SSSR count). The van der Waals surface area contributed by atoms with Gasteiger partial charge in [-0.05, 0) is 24.6 Å². The van der Waals surface area contributed by atoms with Crippen LogP contribution in [-0.2, 0) is 17.7 Å². The quantitative estimate of drug-likeness (QED) is 0.764. The van der Waals surface area contributed by atoms with Gasteiger partial charge in [-0.15, -0.1) is 0 Å². The predicted octanol–water partition coefficient (Wildman–Crippen LogP) is 3.29. The largest absolute Gasteiger partial charge is 0.385 e. The maximum absolute atomic E-state index is 5.98. The van der Waals surface area contributed by atoms with Crippen molar-refractivity contribution in [1.29, 1.82) is 0 Å². The van der Waals surface area contributed by atoms with E-state index in [9.17, 15) is 0 Å². The van der Waals surface area contributed by atoms with Gasteiger partial charge in [-0.2, -0.15) is 0 Å². The number of benzene rings is 1. The molecule has 4 heteroatoms. The van der Waals surface area contributed by atoms with Crippen LogP contribution < -0.4 is 0 Å². The van der Waals surface area contributed by atoms with Gasteiger partial charge in [-0.25, -0.2) is 4.98 Å². The second kappa shape index (κ2) is 5.52. The van der Waals surface area contributed by atoms with Crippen molar-refractivity contribution >= 4 is 22.6 Å². The highest BCUT2D eigenvalue weighted by molar-refractivity contribution is 6.31. The number of fused-ring (bicyclic) bond motifs is 1. The van der Waals surface area contributed by atoms with Gasteiger partial charge in [0.05, 0.1) is 11.0 Å². The zero-order valence-corrected chi connectivity index (χ0v) is 11.0. The molecular formula is C13H17ClN2O. The van der Waals surface area contributed by atoms with Crippen LogP contribution in [-0.4, -0.2) is 23.3 Å². The molecule has 1 heterocycles. The van der Waals surface area contributed by atoms with Crippen LogP contribution in [0.25, 0.3) is 11.0 Å². The molecule has 0 radical (unpaired) electrons. The molecular weight excluding hydrogens is 236 g/mol. The standard InChI is InChI=1S/C13H17ClN2O/c1-3-13-15-11-9-10(14)5-6-12(11)16(13)7-4-8-17-2/h5-6,9H,3-4,7-8H2,1-2H3. The lowest BCUT2D eigenvalue weighted by molar-refractivity contribution is 0.190. The summed E-state index contributed by atoms with van der Waals surface area (Å²) >= 11 is 5.98. The average molecular weight is 253 g/mol. The normalized spacial score (nSPS) is 11.2. The molecule has 1 aromatic carbocycles. The Kier molecular flexibility index (Phi) is 4.02. The van der Waals surface area contributed by atoms with E-state index in [1.54, 1.807) is 7.11 Å². The minimum Gasteiger partial charge on any atom is -0.385 e. The van der Waals surface area contributed by atoms with Gasteiger partial charge in [0.1, 0.15) is 5.82 Å². The average Bonchev–Trinajstić information content (AvgIpc) is 2.67. The van der Waals surface area contributed by atoms with Gasteiger partial charge in [0, 0.05) is 31.7 Å². The molecule has 0 saturated carbocycles. The van der Waals surface area contributed by atoms with Gasteiger partial charge in [0.25, 0.3) is 0 Å². The minimum absolute atomic E-state index is 0.738. The Morgan fingerprint density at radius 2 is 2.24 bits per heavy atom. The van der Waals surface area contributed by atoms with Crippen molar-refractivity contribution in [3.63, 3.8) is 0 Å². The fourth-order valence-corrected chi connectivity index (χ4v) is 2.21. The third-order valence-electron chi connectivity index (χ3n) is 2.84. The van der Waals surface area contributed by atoms with Crippen molar-refractivity contribution in [3.8, 4) is 0 Å². The Labute approximate surface area is 106 Å². The SMILES string of the molecule is CCc1nc2cc(Cl)ccc2n1CCCOC. The first-order valence-electron chi connectivity index (χ1n) is 5.90. The second-order valence-corrected chi connectivity index (χ2v) is 4.45. The summed E-state index contributed by atoms with van der Waals surface area (Å²) in [5.41, 5.74) is 2.13. The first kappa shape index (κ1) is 12.4. The van der Waals surface area contributed by atoms with Crippen LogP contribution in [0.3, 0.4) is 0 Å². The number of aromatic nitrogens is 2. The molecule has 2 aromatic rings. The van der Waals surface area contributed by atoms with Crippen LogP contribution in [0.4, 0.5) is 0 Å². The molecule has 0 fully saturated rings. The van der Waals surface area contributed by atoms with Crippen LogP contribution in [0.15, 0.2) is 18.2 Å². The third kappa shape index (κ3) is 2.61. The van der Waals surface area contributed by atoms with E-state index < -0.39 is 0 Å². The number of aryl methyl sites for hydroxylation is 2. The molecule has 17 heavy (non-hydrogen) atoms. The fraction of sp³-hybridized carbons (Fsp3) is 0.462. The molecule has 0 saturated heterocycles. The molecule has 0 atom stereocenters. The van der Waals surface area contributed by atoms with E-state index >= 15 is 0 Å². The van der Waals surface area contributed by atoms with E-state index in [-0.39, 0.29) is 0 Å². The van der Waals surface area contributed by atoms with Gasteiger partial charge < -0.3 is 9.30 Å². The zero-order chi connectivity index (χ0) is 12.3. The lowest BCUT2D eigenvalue weighted by Crippen LogP contribution is -2.05. The van der Waals surface area contributed by atoms with Gasteiger partial charge in [-0.1, -0.05) is 18.5 Å². The van der Waals surface area contributed by atoms with Crippen LogP contribution in [0, 0.1) is 0 Å². The number of imidazole rings is 1. The molecule has 3 nitrogen and oxygen atoms in total. The molecule has 0 bridgehead atoms. The summed E-state index contributed by atoms with van der Waals surface area (Å²) in [5.74, 6) is 1.11. The second-order valence-electron chi connectivity index (χ2n) is 4.01. The fourth-order valence-electron chi connectivity index (χ4n) is 2.04. The van der Waals surface area contributed by atoms with Crippen LogP contribution >= 0.6 is 11.6 Å². The summed E-state index contributed by atoms with van der Waals surface area (Å²) in [7, 11) is 1.73. The van der Waals surface area contributed by atoms with Crippen molar-refractivity contribution in [2.24, 2.45) is 0 Å². The third-order valence-corrected chi connectivity index (χ3v) is 3.07. The molecule has 0 aliphatic heterocycles. The monoisotopic (exact) mass is 252 g/mol. The molecule has 0 aliphatic rings. The first-order chi connectivity index (χ1) is 8.26. The summed E-state index contributed by atoms with van der Waals surface area (Å²) in [6.07, 6.45) is 1.93. The van der Waals surface area contributed by atoms with Crippen molar-refractivity contribution < 1.29 is 4.74 Å². The molecule has 0 amide bonds. The Balaban J connectivity index is 2.36. The number of hydrogen-bond donors (Lipinski definition) is 0. The van der Waals surface area contributed by atoms with Crippen molar-refractivity contribution in [2.45, 2.75) is 26.3 Å². The van der Waals surface area contributed by atoms with E-state index in [1.165, 1.54) is 0 Å². The zero-order valence-electron chi connectivity index (χ0n) is 10.2. The van der Waals surface area contributed by atoms with Gasteiger partial charge >= 0.3 is 0 Å². The lowest BCUT2D eigenvalue weighted by Gasteiger charge is -2.07. The topological polar surface area (TPSA) is 27.1 Å². The summed E-state index contributed by atoms with van der Waals surface area (Å²) in [6.45, 7) is 3.83. The first-order valence-corrected chi connectivity index (χ1v) is 6.27. The maximum Gasteiger partial charge on any atom is 0.109 e. The molecule has 0 aliphatic carbocycles. The van der Waals surface area contributed by atoms with Gasteiger partial charge in [0.15, 0.2) is 0 Å². The van der Waals surface area contributed by atoms with Crippen LogP contribution in [0.1, 0.15) is 19.2 Å². The Morgan fingerprint density at radius 1 is 1.41 bits per heavy atom. The molecule has 92 valence electrons. The summed E-state index contributed by atoms with van der Waals surface area (Å²) in [4.78, 5) is 4.61. The predicted molar refractivity (Wildman–Crippen MR) is 70.6 cm³/mol. The number of ether oxygens (including phenoxy) is 1. The van der Waals surface area contributed by atoms with E-state index in [0.717, 1.165) is 47.9 Å². The summed E-state index contributed by atoms with van der Waals surface area (Å²) in [6, 6.07) is 5.87. The molecule has 1 aromatic heterocycles. The summed E-state index contributed by atoms with van der Waals surface area (Å²) < 4.78 is 7.34. The van der Waals surface area contributed by atoms with Crippen LogP contribution in [0.2, 0.25) is 5.02 Å². The number of methoxy groups -OCH3 is 1. The molecule has 0 unspecified atom stereocenters. The number of nitrogens with zero attached hydrogens (tertiary/aromatic N) is 2. The number of halogens is 1. The van der Waals surface area contributed by atoms with E-state index in [0.29, 0.717) is 0 Å². The minimum atomic E-state index is 0.738. The van der Waals surface area contributed by atoms with E-state index in [2.05, 4.69) is 16.5 Å².